The number of hydrogen-bond donors (Lipinski definition) is 1. The molecule has 88 valence electrons. The predicted molar refractivity (Wildman–Crippen MR) is 64.2 cm³/mol. The molecule has 0 aromatic heterocycles. The van der Waals surface area contributed by atoms with Crippen molar-refractivity contribution in [1.29, 1.82) is 0 Å². The Hall–Kier alpha value is -0.860. The summed E-state index contributed by atoms with van der Waals surface area (Å²) in [4.78, 5) is 0. The highest BCUT2D eigenvalue weighted by Crippen LogP contribution is 2.20. The summed E-state index contributed by atoms with van der Waals surface area (Å²) in [6.07, 6.45) is 4.85. The van der Waals surface area contributed by atoms with E-state index >= 15 is 0 Å². The highest BCUT2D eigenvalue weighted by molar-refractivity contribution is 5.22. The van der Waals surface area contributed by atoms with Crippen LogP contribution in [0.25, 0.3) is 0 Å². The second-order valence-corrected chi connectivity index (χ2v) is 4.57. The molecule has 0 bridgehead atoms. The van der Waals surface area contributed by atoms with Crippen LogP contribution in [0.5, 0.6) is 0 Å². The molecule has 0 saturated carbocycles. The molecule has 1 N–H and O–H groups in total. The molecule has 0 atom stereocenters. The summed E-state index contributed by atoms with van der Waals surface area (Å²) in [5.74, 6) is 0.839. The Bertz CT molecular complexity index is 299. The average Bonchev–Trinajstić information content (AvgIpc) is 2.38. The second kappa shape index (κ2) is 6.02. The number of aryl methyl sites for hydroxylation is 1. The van der Waals surface area contributed by atoms with Crippen LogP contribution >= 0.6 is 0 Å². The van der Waals surface area contributed by atoms with Crippen molar-refractivity contribution < 1.29 is 9.84 Å². The van der Waals surface area contributed by atoms with Gasteiger partial charge in [-0.3, -0.25) is 0 Å². The minimum absolute atomic E-state index is 0.139. The van der Waals surface area contributed by atoms with Crippen molar-refractivity contribution in [2.75, 3.05) is 13.2 Å². The fourth-order valence-corrected chi connectivity index (χ4v) is 2.22. The fraction of sp³-hybridized carbons (Fsp3) is 0.571. The van der Waals surface area contributed by atoms with E-state index in [1.54, 1.807) is 0 Å². The van der Waals surface area contributed by atoms with E-state index in [2.05, 4.69) is 12.1 Å². The molecule has 1 saturated heterocycles. The van der Waals surface area contributed by atoms with Gasteiger partial charge in [0.05, 0.1) is 6.61 Å². The Morgan fingerprint density at radius 2 is 1.69 bits per heavy atom. The molecule has 0 spiro atoms. The molecular formula is C14H20O2. The number of hydrogen-bond acceptors (Lipinski definition) is 2. The van der Waals surface area contributed by atoms with Crippen molar-refractivity contribution in [2.24, 2.45) is 5.92 Å². The van der Waals surface area contributed by atoms with Gasteiger partial charge in [0.2, 0.25) is 0 Å². The zero-order chi connectivity index (χ0) is 11.2. The van der Waals surface area contributed by atoms with Crippen molar-refractivity contribution in [3.8, 4) is 0 Å². The third kappa shape index (κ3) is 3.32. The van der Waals surface area contributed by atoms with Crippen LogP contribution in [0.2, 0.25) is 0 Å². The van der Waals surface area contributed by atoms with E-state index in [4.69, 9.17) is 9.84 Å². The fourth-order valence-electron chi connectivity index (χ4n) is 2.22. The van der Waals surface area contributed by atoms with Crippen LogP contribution in [0, 0.1) is 5.92 Å². The Balaban J connectivity index is 1.79. The van der Waals surface area contributed by atoms with Gasteiger partial charge < -0.3 is 9.84 Å². The van der Waals surface area contributed by atoms with Crippen LogP contribution in [0.4, 0.5) is 0 Å². The van der Waals surface area contributed by atoms with Gasteiger partial charge in [0.25, 0.3) is 0 Å². The number of aliphatic hydroxyl groups is 1. The molecule has 16 heavy (non-hydrogen) atoms. The van der Waals surface area contributed by atoms with Crippen LogP contribution < -0.4 is 0 Å². The van der Waals surface area contributed by atoms with E-state index in [0.29, 0.717) is 0 Å². The lowest BCUT2D eigenvalue weighted by Gasteiger charge is -2.21. The monoisotopic (exact) mass is 220 g/mol. The van der Waals surface area contributed by atoms with Gasteiger partial charge in [-0.1, -0.05) is 24.3 Å². The van der Waals surface area contributed by atoms with E-state index in [1.165, 1.54) is 24.8 Å². The van der Waals surface area contributed by atoms with Crippen molar-refractivity contribution in [2.45, 2.75) is 32.3 Å². The van der Waals surface area contributed by atoms with E-state index in [0.717, 1.165) is 31.1 Å². The van der Waals surface area contributed by atoms with Crippen LogP contribution in [0.3, 0.4) is 0 Å². The highest BCUT2D eigenvalue weighted by Gasteiger charge is 2.13. The smallest absolute Gasteiger partial charge is 0.0681 e. The van der Waals surface area contributed by atoms with Gasteiger partial charge in [-0.2, -0.15) is 0 Å². The van der Waals surface area contributed by atoms with Crippen LogP contribution in [0.1, 0.15) is 30.4 Å². The first-order valence-electron chi connectivity index (χ1n) is 6.15. The Morgan fingerprint density at radius 3 is 2.31 bits per heavy atom. The molecular weight excluding hydrogens is 200 g/mol. The molecule has 2 nitrogen and oxygen atoms in total. The molecule has 1 aliphatic heterocycles. The first-order valence-corrected chi connectivity index (χ1v) is 6.15. The van der Waals surface area contributed by atoms with Gasteiger partial charge >= 0.3 is 0 Å². The van der Waals surface area contributed by atoms with Crippen molar-refractivity contribution >= 4 is 0 Å². The van der Waals surface area contributed by atoms with Crippen LogP contribution in [-0.4, -0.2) is 18.3 Å². The summed E-state index contributed by atoms with van der Waals surface area (Å²) in [7, 11) is 0. The lowest BCUT2D eigenvalue weighted by molar-refractivity contribution is 0.0640. The topological polar surface area (TPSA) is 29.5 Å². The summed E-state index contributed by atoms with van der Waals surface area (Å²) in [6.45, 7) is 2.02. The van der Waals surface area contributed by atoms with E-state index < -0.39 is 0 Å². The average molecular weight is 220 g/mol. The highest BCUT2D eigenvalue weighted by atomic mass is 16.5. The molecule has 1 aliphatic rings. The predicted octanol–water partition coefficient (Wildman–Crippen LogP) is 2.54. The maximum Gasteiger partial charge on any atom is 0.0681 e. The minimum Gasteiger partial charge on any atom is -0.392 e. The summed E-state index contributed by atoms with van der Waals surface area (Å²) in [5, 5.41) is 8.95. The lowest BCUT2D eigenvalue weighted by atomic mass is 9.93. The second-order valence-electron chi connectivity index (χ2n) is 4.57. The van der Waals surface area contributed by atoms with E-state index in [1.807, 2.05) is 12.1 Å². The molecule has 0 amide bonds. The molecule has 0 radical (unpaired) electrons. The normalized spacial score (nSPS) is 17.6. The maximum absolute atomic E-state index is 8.95. The number of benzene rings is 1. The van der Waals surface area contributed by atoms with Gasteiger partial charge in [-0.25, -0.2) is 0 Å². The maximum atomic E-state index is 8.95. The first kappa shape index (κ1) is 11.6. The Labute approximate surface area is 97.3 Å². The molecule has 1 aromatic rings. The summed E-state index contributed by atoms with van der Waals surface area (Å²) in [5.41, 5.74) is 2.37. The number of rotatable bonds is 4. The Kier molecular flexibility index (Phi) is 4.37. The number of aliphatic hydroxyl groups excluding tert-OH is 1. The largest absolute Gasteiger partial charge is 0.392 e. The molecule has 2 heteroatoms. The summed E-state index contributed by atoms with van der Waals surface area (Å²) < 4.78 is 5.35. The Morgan fingerprint density at radius 1 is 1.06 bits per heavy atom. The quantitative estimate of drug-likeness (QED) is 0.845. The van der Waals surface area contributed by atoms with Gasteiger partial charge in [-0.05, 0) is 42.7 Å². The third-order valence-electron chi connectivity index (χ3n) is 3.39. The van der Waals surface area contributed by atoms with Crippen LogP contribution in [0.15, 0.2) is 24.3 Å². The van der Waals surface area contributed by atoms with Crippen molar-refractivity contribution in [3.05, 3.63) is 35.4 Å². The van der Waals surface area contributed by atoms with Gasteiger partial charge in [0.15, 0.2) is 0 Å². The van der Waals surface area contributed by atoms with Gasteiger partial charge in [0.1, 0.15) is 0 Å². The SMILES string of the molecule is OCc1ccc(CCC2CCOCC2)cc1. The molecule has 2 rings (SSSR count). The minimum atomic E-state index is 0.139. The van der Waals surface area contributed by atoms with Crippen molar-refractivity contribution in [1.82, 2.24) is 0 Å². The molecule has 1 fully saturated rings. The standard InChI is InChI=1S/C14H20O2/c15-11-14-5-3-12(4-6-14)1-2-13-7-9-16-10-8-13/h3-6,13,15H,1-2,7-11H2. The number of ether oxygens (including phenoxy) is 1. The summed E-state index contributed by atoms with van der Waals surface area (Å²) >= 11 is 0. The van der Waals surface area contributed by atoms with Crippen molar-refractivity contribution in [3.63, 3.8) is 0 Å². The van der Waals surface area contributed by atoms with Gasteiger partial charge in [-0.15, -0.1) is 0 Å². The summed E-state index contributed by atoms with van der Waals surface area (Å²) in [6, 6.07) is 8.29. The molecule has 0 aliphatic carbocycles. The van der Waals surface area contributed by atoms with E-state index in [9.17, 15) is 0 Å². The molecule has 1 heterocycles. The zero-order valence-electron chi connectivity index (χ0n) is 9.69. The lowest BCUT2D eigenvalue weighted by Crippen LogP contribution is -2.16. The third-order valence-corrected chi connectivity index (χ3v) is 3.39. The zero-order valence-corrected chi connectivity index (χ0v) is 9.69. The van der Waals surface area contributed by atoms with Crippen LogP contribution in [-0.2, 0) is 17.8 Å². The van der Waals surface area contributed by atoms with E-state index in [-0.39, 0.29) is 6.61 Å². The van der Waals surface area contributed by atoms with Gasteiger partial charge in [0, 0.05) is 13.2 Å². The molecule has 0 unspecified atom stereocenters. The first-order chi connectivity index (χ1) is 7.88. The molecule has 1 aromatic carbocycles.